The molecule has 2 fully saturated rings. The minimum absolute atomic E-state index is 0. The molecule has 0 bridgehead atoms. The lowest BCUT2D eigenvalue weighted by Gasteiger charge is -2.31. The van der Waals surface area contributed by atoms with Gasteiger partial charge in [-0.2, -0.15) is 0 Å². The highest BCUT2D eigenvalue weighted by molar-refractivity contribution is 5.85. The number of hydrogen-bond acceptors (Lipinski definition) is 2. The molecule has 0 unspecified atom stereocenters. The summed E-state index contributed by atoms with van der Waals surface area (Å²) in [6, 6.07) is 8.60. The van der Waals surface area contributed by atoms with Gasteiger partial charge in [0.15, 0.2) is 0 Å². The molecule has 3 rings (SSSR count). The van der Waals surface area contributed by atoms with Gasteiger partial charge in [-0.25, -0.2) is 0 Å². The first kappa shape index (κ1) is 17.3. The number of carbonyl (C=O) groups excluding carboxylic acids is 1. The van der Waals surface area contributed by atoms with Gasteiger partial charge in [0, 0.05) is 0 Å². The highest BCUT2D eigenvalue weighted by Crippen LogP contribution is 2.38. The van der Waals surface area contributed by atoms with Crippen LogP contribution in [-0.4, -0.2) is 19.0 Å². The normalized spacial score (nSPS) is 19.5. The van der Waals surface area contributed by atoms with Crippen LogP contribution in [-0.2, 0) is 10.3 Å². The molecule has 4 heteroatoms. The summed E-state index contributed by atoms with van der Waals surface area (Å²) in [5, 5.41) is 6.62. The lowest BCUT2D eigenvalue weighted by atomic mass is 9.87. The van der Waals surface area contributed by atoms with E-state index in [9.17, 15) is 4.79 Å². The summed E-state index contributed by atoms with van der Waals surface area (Å²) in [4.78, 5) is 12.3. The third-order valence-electron chi connectivity index (χ3n) is 4.82. The molecule has 0 saturated heterocycles. The Balaban J connectivity index is 0.00000176. The number of benzene rings is 1. The number of hydrogen-bond donors (Lipinski definition) is 2. The van der Waals surface area contributed by atoms with Crippen LogP contribution < -0.4 is 10.6 Å². The van der Waals surface area contributed by atoms with Gasteiger partial charge in [-0.15, -0.1) is 12.4 Å². The van der Waals surface area contributed by atoms with E-state index in [0.717, 1.165) is 25.3 Å². The van der Waals surface area contributed by atoms with Crippen LogP contribution in [0.3, 0.4) is 0 Å². The Morgan fingerprint density at radius 3 is 2.64 bits per heavy atom. The molecule has 22 heavy (non-hydrogen) atoms. The minimum atomic E-state index is -0.135. The van der Waals surface area contributed by atoms with Crippen molar-refractivity contribution in [3.8, 4) is 0 Å². The van der Waals surface area contributed by atoms with Gasteiger partial charge >= 0.3 is 0 Å². The molecular formula is C18H27ClN2O. The summed E-state index contributed by atoms with van der Waals surface area (Å²) in [6.45, 7) is 3.56. The lowest BCUT2D eigenvalue weighted by Crippen LogP contribution is -2.47. The van der Waals surface area contributed by atoms with E-state index >= 15 is 0 Å². The van der Waals surface area contributed by atoms with Crippen molar-refractivity contribution in [2.75, 3.05) is 13.1 Å². The number of carbonyl (C=O) groups is 1. The van der Waals surface area contributed by atoms with Gasteiger partial charge in [0.2, 0.25) is 5.91 Å². The van der Waals surface area contributed by atoms with Crippen molar-refractivity contribution in [1.29, 1.82) is 0 Å². The Labute approximate surface area is 139 Å². The molecule has 2 aliphatic rings. The zero-order valence-corrected chi connectivity index (χ0v) is 14.2. The number of rotatable bonds is 6. The summed E-state index contributed by atoms with van der Waals surface area (Å²) in [7, 11) is 0. The predicted molar refractivity (Wildman–Crippen MR) is 92.3 cm³/mol. The van der Waals surface area contributed by atoms with Crippen LogP contribution in [0.5, 0.6) is 0 Å². The molecule has 1 aromatic rings. The molecule has 2 aliphatic carbocycles. The number of amides is 1. The monoisotopic (exact) mass is 322 g/mol. The van der Waals surface area contributed by atoms with E-state index in [2.05, 4.69) is 41.8 Å². The van der Waals surface area contributed by atoms with Crippen LogP contribution in [0.4, 0.5) is 0 Å². The molecular weight excluding hydrogens is 296 g/mol. The number of aryl methyl sites for hydroxylation is 1. The second-order valence-corrected chi connectivity index (χ2v) is 6.78. The van der Waals surface area contributed by atoms with Gasteiger partial charge in [0.05, 0.1) is 12.1 Å². The van der Waals surface area contributed by atoms with E-state index in [-0.39, 0.29) is 23.9 Å². The highest BCUT2D eigenvalue weighted by atomic mass is 35.5. The highest BCUT2D eigenvalue weighted by Gasteiger charge is 2.36. The van der Waals surface area contributed by atoms with Crippen LogP contribution in [0.2, 0.25) is 0 Å². The third-order valence-corrected chi connectivity index (χ3v) is 4.82. The van der Waals surface area contributed by atoms with E-state index < -0.39 is 0 Å². The molecule has 2 saturated carbocycles. The van der Waals surface area contributed by atoms with Crippen molar-refractivity contribution in [3.63, 3.8) is 0 Å². The molecule has 0 spiro atoms. The van der Waals surface area contributed by atoms with Gasteiger partial charge in [-0.1, -0.05) is 42.7 Å². The number of halogens is 1. The van der Waals surface area contributed by atoms with Crippen LogP contribution in [0.15, 0.2) is 24.3 Å². The first-order valence-corrected chi connectivity index (χ1v) is 8.27. The molecule has 0 heterocycles. The van der Waals surface area contributed by atoms with Crippen LogP contribution >= 0.6 is 12.4 Å². The van der Waals surface area contributed by atoms with Crippen molar-refractivity contribution in [1.82, 2.24) is 10.6 Å². The molecule has 0 atom stereocenters. The van der Waals surface area contributed by atoms with Gasteiger partial charge < -0.3 is 10.6 Å². The average Bonchev–Trinajstić information content (AvgIpc) is 3.16. The SMILES string of the molecule is Cc1cccc(C2(NC(=O)CNCC3CC3)CCCC2)c1.Cl. The maximum absolute atomic E-state index is 12.3. The van der Waals surface area contributed by atoms with E-state index in [4.69, 9.17) is 0 Å². The predicted octanol–water partition coefficient (Wildman–Crippen LogP) is 3.30. The maximum atomic E-state index is 12.3. The molecule has 0 aliphatic heterocycles. The third kappa shape index (κ3) is 4.23. The van der Waals surface area contributed by atoms with E-state index in [1.165, 1.54) is 36.8 Å². The number of nitrogens with one attached hydrogen (secondary N) is 2. The summed E-state index contributed by atoms with van der Waals surface area (Å²) in [5.74, 6) is 0.953. The lowest BCUT2D eigenvalue weighted by molar-refractivity contribution is -0.122. The minimum Gasteiger partial charge on any atom is -0.345 e. The van der Waals surface area contributed by atoms with E-state index in [1.54, 1.807) is 0 Å². The molecule has 0 radical (unpaired) electrons. The molecule has 0 aromatic heterocycles. The van der Waals surface area contributed by atoms with Crippen molar-refractivity contribution in [2.24, 2.45) is 5.92 Å². The molecule has 3 nitrogen and oxygen atoms in total. The Hall–Kier alpha value is -1.06. The first-order chi connectivity index (χ1) is 10.2. The van der Waals surface area contributed by atoms with Gasteiger partial charge in [-0.05, 0) is 50.6 Å². The van der Waals surface area contributed by atoms with Gasteiger partial charge in [0.1, 0.15) is 0 Å². The summed E-state index contributed by atoms with van der Waals surface area (Å²) < 4.78 is 0. The first-order valence-electron chi connectivity index (χ1n) is 8.27. The van der Waals surface area contributed by atoms with Crippen molar-refractivity contribution in [2.45, 2.75) is 51.0 Å². The second-order valence-electron chi connectivity index (χ2n) is 6.78. The molecule has 1 aromatic carbocycles. The van der Waals surface area contributed by atoms with Crippen molar-refractivity contribution in [3.05, 3.63) is 35.4 Å². The smallest absolute Gasteiger partial charge is 0.234 e. The molecule has 2 N–H and O–H groups in total. The van der Waals surface area contributed by atoms with E-state index in [0.29, 0.717) is 6.54 Å². The van der Waals surface area contributed by atoms with Gasteiger partial charge in [-0.3, -0.25) is 4.79 Å². The topological polar surface area (TPSA) is 41.1 Å². The Bertz CT molecular complexity index is 508. The average molecular weight is 323 g/mol. The van der Waals surface area contributed by atoms with Crippen molar-refractivity contribution < 1.29 is 4.79 Å². The van der Waals surface area contributed by atoms with Crippen LogP contribution in [0.1, 0.15) is 49.7 Å². The van der Waals surface area contributed by atoms with Crippen LogP contribution in [0, 0.1) is 12.8 Å². The Morgan fingerprint density at radius 1 is 1.27 bits per heavy atom. The largest absolute Gasteiger partial charge is 0.345 e. The quantitative estimate of drug-likeness (QED) is 0.843. The second kappa shape index (κ2) is 7.47. The molecule has 122 valence electrons. The fraction of sp³-hybridized carbons (Fsp3) is 0.611. The van der Waals surface area contributed by atoms with Crippen LogP contribution in [0.25, 0.3) is 0 Å². The zero-order valence-electron chi connectivity index (χ0n) is 13.4. The zero-order chi connectivity index (χ0) is 14.7. The fourth-order valence-electron chi connectivity index (χ4n) is 3.43. The van der Waals surface area contributed by atoms with Crippen molar-refractivity contribution >= 4 is 18.3 Å². The molecule has 1 amide bonds. The standard InChI is InChI=1S/C18H26N2O.ClH/c1-14-5-4-6-16(11-14)18(9-2-3-10-18)20-17(21)13-19-12-15-7-8-15;/h4-6,11,15,19H,2-3,7-10,12-13H2,1H3,(H,20,21);1H. The Morgan fingerprint density at radius 2 is 2.00 bits per heavy atom. The maximum Gasteiger partial charge on any atom is 0.234 e. The van der Waals surface area contributed by atoms with Gasteiger partial charge in [0.25, 0.3) is 0 Å². The fourth-order valence-corrected chi connectivity index (χ4v) is 3.43. The summed E-state index contributed by atoms with van der Waals surface area (Å²) >= 11 is 0. The summed E-state index contributed by atoms with van der Waals surface area (Å²) in [5.41, 5.74) is 2.40. The van der Waals surface area contributed by atoms with E-state index in [1.807, 2.05) is 0 Å². The Kier molecular flexibility index (Phi) is 5.87. The summed E-state index contributed by atoms with van der Waals surface area (Å²) in [6.07, 6.45) is 7.16.